The summed E-state index contributed by atoms with van der Waals surface area (Å²) in [5, 5.41) is 11.7. The molecule has 2 amide bonds. The summed E-state index contributed by atoms with van der Waals surface area (Å²) < 4.78 is 0.446. The van der Waals surface area contributed by atoms with Crippen molar-refractivity contribution in [2.24, 2.45) is 5.92 Å². The Morgan fingerprint density at radius 2 is 2.19 bits per heavy atom. The third-order valence-electron chi connectivity index (χ3n) is 3.43. The molecule has 1 atom stereocenters. The molecule has 2 N–H and O–H groups in total. The molecule has 7 heteroatoms. The number of nitrogens with zero attached hydrogens (tertiary/aromatic N) is 1. The predicted octanol–water partition coefficient (Wildman–Crippen LogP) is 1.95. The van der Waals surface area contributed by atoms with Crippen molar-refractivity contribution in [1.29, 1.82) is 0 Å². The molecule has 6 nitrogen and oxygen atoms in total. The number of carbonyl (C=O) groups is 3. The van der Waals surface area contributed by atoms with E-state index in [0.717, 1.165) is 0 Å². The number of likely N-dealkylation sites (tertiary alicyclic amines) is 1. The quantitative estimate of drug-likeness (QED) is 0.865. The van der Waals surface area contributed by atoms with Crippen LogP contribution in [0, 0.1) is 5.92 Å². The zero-order chi connectivity index (χ0) is 15.6. The van der Waals surface area contributed by atoms with Crippen LogP contribution in [0.3, 0.4) is 0 Å². The molecule has 0 saturated carbocycles. The fourth-order valence-electron chi connectivity index (χ4n) is 2.26. The third kappa shape index (κ3) is 3.41. The SMILES string of the molecule is CCN1CC(C(=O)Nc2ccc(Br)c(C(=O)O)c2)CC1=O. The van der Waals surface area contributed by atoms with Gasteiger partial charge in [0, 0.05) is 29.7 Å². The Balaban J connectivity index is 2.09. The minimum atomic E-state index is -1.08. The normalized spacial score (nSPS) is 17.9. The average molecular weight is 355 g/mol. The highest BCUT2D eigenvalue weighted by Gasteiger charge is 2.33. The predicted molar refractivity (Wildman–Crippen MR) is 80.1 cm³/mol. The van der Waals surface area contributed by atoms with Crippen molar-refractivity contribution in [3.05, 3.63) is 28.2 Å². The van der Waals surface area contributed by atoms with Gasteiger partial charge in [-0.3, -0.25) is 9.59 Å². The van der Waals surface area contributed by atoms with E-state index >= 15 is 0 Å². The van der Waals surface area contributed by atoms with E-state index in [1.54, 1.807) is 17.0 Å². The molecule has 1 unspecified atom stereocenters. The first kappa shape index (κ1) is 15.5. The maximum absolute atomic E-state index is 12.1. The van der Waals surface area contributed by atoms with Gasteiger partial charge in [0.15, 0.2) is 0 Å². The van der Waals surface area contributed by atoms with Crippen LogP contribution >= 0.6 is 15.9 Å². The molecule has 1 aliphatic heterocycles. The van der Waals surface area contributed by atoms with Crippen molar-refractivity contribution >= 4 is 39.4 Å². The summed E-state index contributed by atoms with van der Waals surface area (Å²) >= 11 is 3.14. The molecule has 1 aromatic carbocycles. The van der Waals surface area contributed by atoms with Crippen molar-refractivity contribution < 1.29 is 19.5 Å². The van der Waals surface area contributed by atoms with E-state index in [-0.39, 0.29) is 23.8 Å². The zero-order valence-electron chi connectivity index (χ0n) is 11.4. The second-order valence-electron chi connectivity index (χ2n) is 4.82. The minimum absolute atomic E-state index is 0.0281. The summed E-state index contributed by atoms with van der Waals surface area (Å²) in [5.74, 6) is -1.77. The topological polar surface area (TPSA) is 86.7 Å². The summed E-state index contributed by atoms with van der Waals surface area (Å²) in [6.45, 7) is 2.86. The van der Waals surface area contributed by atoms with Crippen molar-refractivity contribution in [2.45, 2.75) is 13.3 Å². The molecule has 0 aromatic heterocycles. The van der Waals surface area contributed by atoms with Gasteiger partial charge in [0.1, 0.15) is 0 Å². The lowest BCUT2D eigenvalue weighted by molar-refractivity contribution is -0.128. The van der Waals surface area contributed by atoms with Crippen LogP contribution in [0.2, 0.25) is 0 Å². The van der Waals surface area contributed by atoms with Gasteiger partial charge in [-0.05, 0) is 41.1 Å². The molecule has 1 fully saturated rings. The molecule has 1 heterocycles. The highest BCUT2D eigenvalue weighted by atomic mass is 79.9. The molecule has 1 aromatic rings. The van der Waals surface area contributed by atoms with E-state index in [0.29, 0.717) is 23.2 Å². The van der Waals surface area contributed by atoms with E-state index < -0.39 is 11.9 Å². The zero-order valence-corrected chi connectivity index (χ0v) is 13.0. The molecule has 0 radical (unpaired) electrons. The third-order valence-corrected chi connectivity index (χ3v) is 4.12. The molecule has 1 aliphatic rings. The Morgan fingerprint density at radius 1 is 1.48 bits per heavy atom. The number of rotatable bonds is 4. The van der Waals surface area contributed by atoms with Crippen molar-refractivity contribution in [3.63, 3.8) is 0 Å². The summed E-state index contributed by atoms with van der Waals surface area (Å²) in [7, 11) is 0. The number of benzene rings is 1. The second kappa shape index (κ2) is 6.26. The van der Waals surface area contributed by atoms with Gasteiger partial charge in [0.2, 0.25) is 11.8 Å². The van der Waals surface area contributed by atoms with Gasteiger partial charge in [-0.1, -0.05) is 0 Å². The van der Waals surface area contributed by atoms with Crippen molar-refractivity contribution in [1.82, 2.24) is 4.90 Å². The molecule has 0 bridgehead atoms. The summed E-state index contributed by atoms with van der Waals surface area (Å²) in [4.78, 5) is 36.4. The molecule has 0 aliphatic carbocycles. The van der Waals surface area contributed by atoms with Gasteiger partial charge in [0.05, 0.1) is 11.5 Å². The van der Waals surface area contributed by atoms with Crippen LogP contribution in [0.4, 0.5) is 5.69 Å². The van der Waals surface area contributed by atoms with Crippen LogP contribution in [0.15, 0.2) is 22.7 Å². The van der Waals surface area contributed by atoms with Crippen LogP contribution in [0.5, 0.6) is 0 Å². The first-order valence-electron chi connectivity index (χ1n) is 6.53. The molecule has 2 rings (SSSR count). The Hall–Kier alpha value is -1.89. The number of anilines is 1. The number of hydrogen-bond donors (Lipinski definition) is 2. The van der Waals surface area contributed by atoms with Crippen LogP contribution in [-0.2, 0) is 9.59 Å². The molecule has 1 saturated heterocycles. The standard InChI is InChI=1S/C14H15BrN2O4/c1-2-17-7-8(5-12(17)18)13(19)16-9-3-4-11(15)10(6-9)14(20)21/h3-4,6,8H,2,5,7H2,1H3,(H,16,19)(H,20,21). The number of carbonyl (C=O) groups excluding carboxylic acids is 2. The molecule has 112 valence electrons. The molecule has 21 heavy (non-hydrogen) atoms. The second-order valence-corrected chi connectivity index (χ2v) is 5.68. The summed E-state index contributed by atoms with van der Waals surface area (Å²) in [5.41, 5.74) is 0.480. The van der Waals surface area contributed by atoms with Gasteiger partial charge < -0.3 is 15.3 Å². The maximum atomic E-state index is 12.1. The monoisotopic (exact) mass is 354 g/mol. The lowest BCUT2D eigenvalue weighted by Gasteiger charge is -2.14. The Bertz CT molecular complexity index is 603. The average Bonchev–Trinajstić information content (AvgIpc) is 2.82. The van der Waals surface area contributed by atoms with E-state index in [1.165, 1.54) is 6.07 Å². The highest BCUT2D eigenvalue weighted by molar-refractivity contribution is 9.10. The van der Waals surface area contributed by atoms with E-state index in [2.05, 4.69) is 21.2 Å². The smallest absolute Gasteiger partial charge is 0.336 e. The molecule has 0 spiro atoms. The minimum Gasteiger partial charge on any atom is -0.478 e. The largest absolute Gasteiger partial charge is 0.478 e. The van der Waals surface area contributed by atoms with Crippen LogP contribution in [-0.4, -0.2) is 40.9 Å². The Morgan fingerprint density at radius 3 is 2.76 bits per heavy atom. The maximum Gasteiger partial charge on any atom is 0.336 e. The van der Waals surface area contributed by atoms with Crippen molar-refractivity contribution in [2.75, 3.05) is 18.4 Å². The lowest BCUT2D eigenvalue weighted by Crippen LogP contribution is -2.28. The van der Waals surface area contributed by atoms with Crippen LogP contribution in [0.25, 0.3) is 0 Å². The summed E-state index contributed by atoms with van der Waals surface area (Å²) in [6.07, 6.45) is 0.196. The molecular formula is C14H15BrN2O4. The van der Waals surface area contributed by atoms with E-state index in [9.17, 15) is 14.4 Å². The number of aromatic carboxylic acids is 1. The number of amides is 2. The van der Waals surface area contributed by atoms with Crippen LogP contribution < -0.4 is 5.32 Å². The Labute approximate surface area is 130 Å². The fourth-order valence-corrected chi connectivity index (χ4v) is 2.68. The number of carboxylic acid groups (broad SMARTS) is 1. The first-order chi connectivity index (χ1) is 9.92. The van der Waals surface area contributed by atoms with Crippen LogP contribution in [0.1, 0.15) is 23.7 Å². The van der Waals surface area contributed by atoms with Gasteiger partial charge in [-0.2, -0.15) is 0 Å². The Kier molecular flexibility index (Phi) is 4.62. The van der Waals surface area contributed by atoms with Gasteiger partial charge in [-0.15, -0.1) is 0 Å². The number of halogens is 1. The fraction of sp³-hybridized carbons (Fsp3) is 0.357. The van der Waals surface area contributed by atoms with Crippen molar-refractivity contribution in [3.8, 4) is 0 Å². The molecular weight excluding hydrogens is 340 g/mol. The van der Waals surface area contributed by atoms with E-state index in [4.69, 9.17) is 5.11 Å². The highest BCUT2D eigenvalue weighted by Crippen LogP contribution is 2.23. The summed E-state index contributed by atoms with van der Waals surface area (Å²) in [6, 6.07) is 4.57. The first-order valence-corrected chi connectivity index (χ1v) is 7.33. The van der Waals surface area contributed by atoms with E-state index in [1.807, 2.05) is 6.92 Å². The lowest BCUT2D eigenvalue weighted by atomic mass is 10.1. The van der Waals surface area contributed by atoms with Gasteiger partial charge in [-0.25, -0.2) is 4.79 Å². The number of carboxylic acids is 1. The van der Waals surface area contributed by atoms with Gasteiger partial charge >= 0.3 is 5.97 Å². The number of nitrogens with one attached hydrogen (secondary N) is 1. The number of hydrogen-bond acceptors (Lipinski definition) is 3. The van der Waals surface area contributed by atoms with Gasteiger partial charge in [0.25, 0.3) is 0 Å².